The Balaban J connectivity index is 1.74. The van der Waals surface area contributed by atoms with Crippen LogP contribution in [0, 0.1) is 5.92 Å². The Morgan fingerprint density at radius 3 is 2.56 bits per heavy atom. The second-order valence-electron chi connectivity index (χ2n) is 6.27. The van der Waals surface area contributed by atoms with E-state index in [0.29, 0.717) is 35.1 Å². The van der Waals surface area contributed by atoms with Crippen LogP contribution in [-0.4, -0.2) is 31.7 Å². The summed E-state index contributed by atoms with van der Waals surface area (Å²) < 4.78 is 27.9. The molecule has 1 N–H and O–H groups in total. The van der Waals surface area contributed by atoms with Crippen LogP contribution < -0.4 is 5.32 Å². The summed E-state index contributed by atoms with van der Waals surface area (Å²) in [5, 5.41) is 3.59. The van der Waals surface area contributed by atoms with Crippen LogP contribution in [0.25, 0.3) is 0 Å². The van der Waals surface area contributed by atoms with Gasteiger partial charge in [-0.25, -0.2) is 8.42 Å². The van der Waals surface area contributed by atoms with E-state index in [1.54, 1.807) is 42.5 Å². The molecule has 0 saturated carbocycles. The van der Waals surface area contributed by atoms with Gasteiger partial charge in [0.05, 0.1) is 21.5 Å². The normalized spacial score (nSPS) is 18.3. The lowest BCUT2D eigenvalue weighted by molar-refractivity contribution is -0.120. The minimum Gasteiger partial charge on any atom is -0.324 e. The van der Waals surface area contributed by atoms with Crippen LogP contribution in [0.3, 0.4) is 0 Å². The minimum atomic E-state index is -3.65. The first-order valence-electron chi connectivity index (χ1n) is 8.29. The molecule has 2 aromatic rings. The number of rotatable bonds is 4. The third-order valence-electron chi connectivity index (χ3n) is 4.39. The SMILES string of the molecule is O=C(Nc1cc(Cl)ccc1Cl)[C@@H]1CCCN(S(=O)(=O)c2ccc(Br)cc2)C1. The molecule has 0 aromatic heterocycles. The molecule has 0 bridgehead atoms. The Bertz CT molecular complexity index is 952. The Hall–Kier alpha value is -1.12. The maximum Gasteiger partial charge on any atom is 0.243 e. The van der Waals surface area contributed by atoms with E-state index in [1.165, 1.54) is 4.31 Å². The fourth-order valence-corrected chi connectivity index (χ4v) is 5.08. The van der Waals surface area contributed by atoms with Gasteiger partial charge in [0, 0.05) is 22.6 Å². The van der Waals surface area contributed by atoms with E-state index >= 15 is 0 Å². The van der Waals surface area contributed by atoms with Crippen LogP contribution in [0.1, 0.15) is 12.8 Å². The molecule has 0 unspecified atom stereocenters. The predicted molar refractivity (Wildman–Crippen MR) is 111 cm³/mol. The molecule has 1 fully saturated rings. The lowest BCUT2D eigenvalue weighted by Crippen LogP contribution is -2.43. The topological polar surface area (TPSA) is 66.5 Å². The van der Waals surface area contributed by atoms with Crippen LogP contribution in [0.2, 0.25) is 10.0 Å². The number of sulfonamides is 1. The van der Waals surface area contributed by atoms with E-state index in [0.717, 1.165) is 4.47 Å². The van der Waals surface area contributed by atoms with E-state index < -0.39 is 15.9 Å². The number of anilines is 1. The molecule has 27 heavy (non-hydrogen) atoms. The zero-order valence-corrected chi connectivity index (χ0v) is 18.1. The van der Waals surface area contributed by atoms with Gasteiger partial charge < -0.3 is 5.32 Å². The van der Waals surface area contributed by atoms with Crippen LogP contribution >= 0.6 is 39.1 Å². The summed E-state index contributed by atoms with van der Waals surface area (Å²) in [5.74, 6) is -0.728. The largest absolute Gasteiger partial charge is 0.324 e. The highest BCUT2D eigenvalue weighted by Gasteiger charge is 2.33. The zero-order valence-electron chi connectivity index (χ0n) is 14.2. The number of nitrogens with zero attached hydrogens (tertiary/aromatic N) is 1. The quantitative estimate of drug-likeness (QED) is 0.668. The number of hydrogen-bond acceptors (Lipinski definition) is 3. The minimum absolute atomic E-state index is 0.127. The molecule has 0 aliphatic carbocycles. The van der Waals surface area contributed by atoms with Crippen LogP contribution in [0.15, 0.2) is 51.8 Å². The van der Waals surface area contributed by atoms with Gasteiger partial charge in [0.15, 0.2) is 0 Å². The number of piperidine rings is 1. The van der Waals surface area contributed by atoms with Gasteiger partial charge in [0.1, 0.15) is 0 Å². The summed E-state index contributed by atoms with van der Waals surface area (Å²) in [4.78, 5) is 12.9. The van der Waals surface area contributed by atoms with Gasteiger partial charge in [0.2, 0.25) is 15.9 Å². The third kappa shape index (κ3) is 4.84. The van der Waals surface area contributed by atoms with E-state index in [2.05, 4.69) is 21.2 Å². The lowest BCUT2D eigenvalue weighted by Gasteiger charge is -2.31. The van der Waals surface area contributed by atoms with Crippen molar-refractivity contribution in [3.63, 3.8) is 0 Å². The summed E-state index contributed by atoms with van der Waals surface area (Å²) in [6.07, 6.45) is 1.22. The number of nitrogens with one attached hydrogen (secondary N) is 1. The Labute approximate surface area is 176 Å². The van der Waals surface area contributed by atoms with E-state index in [1.807, 2.05) is 0 Å². The van der Waals surface area contributed by atoms with E-state index in [9.17, 15) is 13.2 Å². The van der Waals surface area contributed by atoms with Gasteiger partial charge >= 0.3 is 0 Å². The van der Waals surface area contributed by atoms with Gasteiger partial charge in [-0.1, -0.05) is 39.1 Å². The molecule has 1 aliphatic heterocycles. The highest BCUT2D eigenvalue weighted by molar-refractivity contribution is 9.10. The van der Waals surface area contributed by atoms with Gasteiger partial charge in [-0.05, 0) is 55.3 Å². The van der Waals surface area contributed by atoms with Crippen molar-refractivity contribution in [1.29, 1.82) is 0 Å². The Morgan fingerprint density at radius 1 is 1.15 bits per heavy atom. The molecule has 1 saturated heterocycles. The molecule has 2 aromatic carbocycles. The van der Waals surface area contributed by atoms with Crippen molar-refractivity contribution in [2.45, 2.75) is 17.7 Å². The van der Waals surface area contributed by atoms with Crippen molar-refractivity contribution in [1.82, 2.24) is 4.31 Å². The molecule has 5 nitrogen and oxygen atoms in total. The Kier molecular flexibility index (Phi) is 6.48. The molecule has 144 valence electrons. The third-order valence-corrected chi connectivity index (χ3v) is 7.37. The number of amides is 1. The van der Waals surface area contributed by atoms with Gasteiger partial charge in [-0.15, -0.1) is 0 Å². The lowest BCUT2D eigenvalue weighted by atomic mass is 9.99. The van der Waals surface area contributed by atoms with Crippen LogP contribution in [0.5, 0.6) is 0 Å². The number of hydrogen-bond donors (Lipinski definition) is 1. The Morgan fingerprint density at radius 2 is 1.85 bits per heavy atom. The molecule has 9 heteroatoms. The number of halogens is 3. The first-order chi connectivity index (χ1) is 12.8. The molecular weight excluding hydrogens is 475 g/mol. The number of carbonyl (C=O) groups is 1. The van der Waals surface area contributed by atoms with Crippen molar-refractivity contribution < 1.29 is 13.2 Å². The molecule has 1 amide bonds. The second kappa shape index (κ2) is 8.49. The average molecular weight is 492 g/mol. The molecule has 0 radical (unpaired) electrons. The van der Waals surface area contributed by atoms with Crippen LogP contribution in [0.4, 0.5) is 5.69 Å². The van der Waals surface area contributed by atoms with Crippen molar-refractivity contribution in [2.75, 3.05) is 18.4 Å². The maximum absolute atomic E-state index is 12.9. The highest BCUT2D eigenvalue weighted by atomic mass is 79.9. The zero-order chi connectivity index (χ0) is 19.6. The summed E-state index contributed by atoms with van der Waals surface area (Å²) in [7, 11) is -3.65. The van der Waals surface area contributed by atoms with Crippen molar-refractivity contribution in [2.24, 2.45) is 5.92 Å². The molecule has 1 heterocycles. The van der Waals surface area contributed by atoms with Gasteiger partial charge in [-0.2, -0.15) is 4.31 Å². The fourth-order valence-electron chi connectivity index (χ4n) is 2.96. The smallest absolute Gasteiger partial charge is 0.243 e. The first kappa shape index (κ1) is 20.6. The van der Waals surface area contributed by atoms with Crippen molar-refractivity contribution in [3.8, 4) is 0 Å². The van der Waals surface area contributed by atoms with E-state index in [-0.39, 0.29) is 17.3 Å². The van der Waals surface area contributed by atoms with Crippen LogP contribution in [-0.2, 0) is 14.8 Å². The molecule has 1 aliphatic rings. The number of carbonyl (C=O) groups excluding carboxylic acids is 1. The first-order valence-corrected chi connectivity index (χ1v) is 11.3. The highest BCUT2D eigenvalue weighted by Crippen LogP contribution is 2.28. The molecule has 0 spiro atoms. The summed E-state index contributed by atoms with van der Waals surface area (Å²) in [5.41, 5.74) is 0.419. The number of benzene rings is 2. The standard InChI is InChI=1S/C18H17BrCl2N2O3S/c19-13-3-6-15(7-4-13)27(25,26)23-9-1-2-12(11-23)18(24)22-17-10-14(20)5-8-16(17)21/h3-8,10,12H,1-2,9,11H2,(H,22,24)/t12-/m1/s1. The summed E-state index contributed by atoms with van der Waals surface area (Å²) >= 11 is 15.3. The second-order valence-corrected chi connectivity index (χ2v) is 9.97. The van der Waals surface area contributed by atoms with Gasteiger partial charge in [-0.3, -0.25) is 4.79 Å². The van der Waals surface area contributed by atoms with E-state index in [4.69, 9.17) is 23.2 Å². The molecule has 3 rings (SSSR count). The monoisotopic (exact) mass is 490 g/mol. The summed E-state index contributed by atoms with van der Waals surface area (Å²) in [6, 6.07) is 11.3. The van der Waals surface area contributed by atoms with Crippen molar-refractivity contribution >= 4 is 60.7 Å². The average Bonchev–Trinajstić information content (AvgIpc) is 2.65. The molecule has 1 atom stereocenters. The summed E-state index contributed by atoms with van der Waals surface area (Å²) in [6.45, 7) is 0.516. The fraction of sp³-hybridized carbons (Fsp3) is 0.278. The molecular formula is C18H17BrCl2N2O3S. The van der Waals surface area contributed by atoms with Crippen molar-refractivity contribution in [3.05, 3.63) is 57.0 Å². The predicted octanol–water partition coefficient (Wildman–Crippen LogP) is 4.80. The maximum atomic E-state index is 12.9. The van der Waals surface area contributed by atoms with Gasteiger partial charge in [0.25, 0.3) is 0 Å².